The second-order valence-corrected chi connectivity index (χ2v) is 20.2. The van der Waals surface area contributed by atoms with Crippen LogP contribution in [0.15, 0.2) is 109 Å². The zero-order valence-corrected chi connectivity index (χ0v) is 42.5. The van der Waals surface area contributed by atoms with Gasteiger partial charge in [0, 0.05) is 16.5 Å². The van der Waals surface area contributed by atoms with Crippen molar-refractivity contribution in [3.05, 3.63) is 120 Å². The van der Waals surface area contributed by atoms with E-state index in [0.717, 1.165) is 48.7 Å². The van der Waals surface area contributed by atoms with Crippen molar-refractivity contribution in [2.24, 2.45) is 0 Å². The highest BCUT2D eigenvalue weighted by Gasteiger charge is 2.42. The quantitative estimate of drug-likeness (QED) is 0.0393. The monoisotopic (exact) mass is 899 g/mol. The predicted molar refractivity (Wildman–Crippen MR) is 292 cm³/mol. The minimum absolute atomic E-state index is 0.0595. The average molecular weight is 899 g/mol. The molecule has 0 unspecified atom stereocenters. The first-order valence-corrected chi connectivity index (χ1v) is 27.7. The van der Waals surface area contributed by atoms with Gasteiger partial charge in [0.25, 0.3) is 0 Å². The van der Waals surface area contributed by atoms with E-state index < -0.39 is 0 Å². The molecule has 0 spiro atoms. The molecule has 0 bridgehead atoms. The number of unbranched alkanes of at least 4 members (excludes halogenated alkanes) is 20. The Morgan fingerprint density at radius 3 is 1.39 bits per heavy atom. The van der Waals surface area contributed by atoms with Crippen LogP contribution in [-0.2, 0) is 5.41 Å². The fraction of sp³-hybridized carbons (Fsp3) is 0.508. The minimum Gasteiger partial charge on any atom is -0.493 e. The van der Waals surface area contributed by atoms with Crippen LogP contribution >= 0.6 is 0 Å². The summed E-state index contributed by atoms with van der Waals surface area (Å²) in [6.45, 7) is 10.7. The number of rotatable bonds is 32. The topological polar surface area (TPSA) is 18.5 Å². The standard InChI is InChI=1S/C65H86O2/c1-5-9-13-17-21-29-45-65(46-30-22-18-14-10-6-2)59-36-28-27-35-57(59)58-42-38-53(50-60(58)65)52-37-41-56-54(49-52)40-44-62(67-48-32-24-20-16-12-8-4)64(56)63-55-34-26-25-33-51(55)39-43-61(63)66-47-31-23-19-15-11-7-3/h25-28,33-44,49-50H,5-24,29-32,45-48H2,1-4H3. The number of hydrogen-bond donors (Lipinski definition) is 0. The Kier molecular flexibility index (Phi) is 20.2. The lowest BCUT2D eigenvalue weighted by Crippen LogP contribution is -2.25. The number of ether oxygens (including phenoxy) is 2. The maximum Gasteiger partial charge on any atom is 0.127 e. The molecule has 0 N–H and O–H groups in total. The molecule has 0 heterocycles. The first-order valence-electron chi connectivity index (χ1n) is 27.7. The van der Waals surface area contributed by atoms with Crippen LogP contribution in [0, 0.1) is 0 Å². The lowest BCUT2D eigenvalue weighted by Gasteiger charge is -2.33. The third kappa shape index (κ3) is 13.0. The predicted octanol–water partition coefficient (Wildman–Crippen LogP) is 20.6. The van der Waals surface area contributed by atoms with Gasteiger partial charge in [-0.1, -0.05) is 254 Å². The third-order valence-electron chi connectivity index (χ3n) is 15.1. The average Bonchev–Trinajstić information content (AvgIpc) is 3.63. The van der Waals surface area contributed by atoms with Gasteiger partial charge in [0.05, 0.1) is 13.2 Å². The molecule has 7 rings (SSSR count). The van der Waals surface area contributed by atoms with Gasteiger partial charge >= 0.3 is 0 Å². The molecule has 2 heteroatoms. The van der Waals surface area contributed by atoms with Gasteiger partial charge in [-0.3, -0.25) is 0 Å². The molecule has 6 aromatic rings. The van der Waals surface area contributed by atoms with E-state index in [1.54, 1.807) is 11.1 Å². The molecule has 0 fully saturated rings. The van der Waals surface area contributed by atoms with Gasteiger partial charge in [-0.25, -0.2) is 0 Å². The second-order valence-electron chi connectivity index (χ2n) is 20.2. The molecule has 0 aliphatic heterocycles. The van der Waals surface area contributed by atoms with Crippen LogP contribution in [0.3, 0.4) is 0 Å². The van der Waals surface area contributed by atoms with E-state index in [4.69, 9.17) is 9.47 Å². The molecule has 0 atom stereocenters. The van der Waals surface area contributed by atoms with Gasteiger partial charge in [-0.2, -0.15) is 0 Å². The molecular weight excluding hydrogens is 813 g/mol. The van der Waals surface area contributed by atoms with Crippen molar-refractivity contribution in [2.75, 3.05) is 13.2 Å². The molecule has 0 saturated heterocycles. The van der Waals surface area contributed by atoms with E-state index >= 15 is 0 Å². The molecule has 0 amide bonds. The van der Waals surface area contributed by atoms with Crippen molar-refractivity contribution in [1.29, 1.82) is 0 Å². The van der Waals surface area contributed by atoms with Gasteiger partial charge in [0.15, 0.2) is 0 Å². The van der Waals surface area contributed by atoms with E-state index in [0.29, 0.717) is 0 Å². The highest BCUT2D eigenvalue weighted by atomic mass is 16.5. The lowest BCUT2D eigenvalue weighted by atomic mass is 9.70. The Morgan fingerprint density at radius 2 is 0.791 bits per heavy atom. The van der Waals surface area contributed by atoms with E-state index in [-0.39, 0.29) is 5.41 Å². The summed E-state index contributed by atoms with van der Waals surface area (Å²) in [5.41, 5.74) is 11.0. The third-order valence-corrected chi connectivity index (χ3v) is 15.1. The van der Waals surface area contributed by atoms with E-state index in [9.17, 15) is 0 Å². The smallest absolute Gasteiger partial charge is 0.127 e. The fourth-order valence-electron chi connectivity index (χ4n) is 11.3. The first-order chi connectivity index (χ1) is 33.1. The van der Waals surface area contributed by atoms with Crippen molar-refractivity contribution in [3.8, 4) is 44.9 Å². The van der Waals surface area contributed by atoms with Gasteiger partial charge in [0.2, 0.25) is 0 Å². The molecule has 0 aromatic heterocycles. The van der Waals surface area contributed by atoms with Crippen LogP contribution in [0.2, 0.25) is 0 Å². The second kappa shape index (κ2) is 26.8. The van der Waals surface area contributed by atoms with Gasteiger partial charge in [-0.05, 0) is 105 Å². The Morgan fingerprint density at radius 1 is 0.343 bits per heavy atom. The summed E-state index contributed by atoms with van der Waals surface area (Å²) in [5.74, 6) is 1.91. The van der Waals surface area contributed by atoms with Crippen molar-refractivity contribution >= 4 is 21.5 Å². The van der Waals surface area contributed by atoms with Crippen LogP contribution in [0.25, 0.3) is 54.9 Å². The molecule has 2 nitrogen and oxygen atoms in total. The van der Waals surface area contributed by atoms with Crippen LogP contribution in [0.5, 0.6) is 11.5 Å². The minimum atomic E-state index is 0.0595. The summed E-state index contributed by atoms with van der Waals surface area (Å²) in [5, 5.41) is 4.90. The largest absolute Gasteiger partial charge is 0.493 e. The summed E-state index contributed by atoms with van der Waals surface area (Å²) in [7, 11) is 0. The molecule has 0 saturated carbocycles. The fourth-order valence-corrected chi connectivity index (χ4v) is 11.3. The van der Waals surface area contributed by atoms with Gasteiger partial charge in [0.1, 0.15) is 11.5 Å². The van der Waals surface area contributed by atoms with E-state index in [1.807, 2.05) is 0 Å². The van der Waals surface area contributed by atoms with Crippen molar-refractivity contribution < 1.29 is 9.47 Å². The number of hydrogen-bond acceptors (Lipinski definition) is 2. The van der Waals surface area contributed by atoms with Crippen LogP contribution in [-0.4, -0.2) is 13.2 Å². The molecule has 0 radical (unpaired) electrons. The summed E-state index contributed by atoms with van der Waals surface area (Å²) in [4.78, 5) is 0. The number of fused-ring (bicyclic) bond motifs is 5. The van der Waals surface area contributed by atoms with Crippen LogP contribution < -0.4 is 9.47 Å². The van der Waals surface area contributed by atoms with Crippen LogP contribution in [0.4, 0.5) is 0 Å². The summed E-state index contributed by atoms with van der Waals surface area (Å²) >= 11 is 0. The van der Waals surface area contributed by atoms with Gasteiger partial charge < -0.3 is 9.47 Å². The van der Waals surface area contributed by atoms with Gasteiger partial charge in [-0.15, -0.1) is 0 Å². The summed E-state index contributed by atoms with van der Waals surface area (Å²) in [6.07, 6.45) is 33.4. The summed E-state index contributed by atoms with van der Waals surface area (Å²) < 4.78 is 13.7. The van der Waals surface area contributed by atoms with Crippen molar-refractivity contribution in [2.45, 2.75) is 200 Å². The highest BCUT2D eigenvalue weighted by Crippen LogP contribution is 2.55. The Hall–Kier alpha value is -4.56. The SMILES string of the molecule is CCCCCCCCOc1ccc2ccccc2c1-c1c(OCCCCCCCC)ccc2cc(-c3ccc4c(c3)C(CCCCCCCC)(CCCCCCCC)c3ccccc3-4)ccc12. The van der Waals surface area contributed by atoms with E-state index in [1.165, 1.54) is 198 Å². The molecule has 358 valence electrons. The Labute approximate surface area is 407 Å². The van der Waals surface area contributed by atoms with Crippen molar-refractivity contribution in [1.82, 2.24) is 0 Å². The first kappa shape index (κ1) is 50.3. The molecule has 1 aliphatic carbocycles. The highest BCUT2D eigenvalue weighted by molar-refractivity contribution is 6.10. The van der Waals surface area contributed by atoms with Crippen LogP contribution in [0.1, 0.15) is 206 Å². The van der Waals surface area contributed by atoms with E-state index in [2.05, 4.69) is 137 Å². The normalized spacial score (nSPS) is 12.8. The Balaban J connectivity index is 1.27. The zero-order chi connectivity index (χ0) is 46.5. The molecule has 6 aromatic carbocycles. The maximum absolute atomic E-state index is 6.87. The molecule has 67 heavy (non-hydrogen) atoms. The maximum atomic E-state index is 6.87. The summed E-state index contributed by atoms with van der Waals surface area (Å²) in [6, 6.07) is 42.0. The molecule has 1 aliphatic rings. The lowest BCUT2D eigenvalue weighted by molar-refractivity contribution is 0.302. The number of benzene rings is 6. The Bertz CT molecular complexity index is 2390. The zero-order valence-electron chi connectivity index (χ0n) is 42.5. The van der Waals surface area contributed by atoms with Crippen molar-refractivity contribution in [3.63, 3.8) is 0 Å². The molecular formula is C65H86O2.